The summed E-state index contributed by atoms with van der Waals surface area (Å²) < 4.78 is 0. The van der Waals surface area contributed by atoms with Gasteiger partial charge in [-0.25, -0.2) is 0 Å². The minimum atomic E-state index is -0.477. The molecule has 5 nitrogen and oxygen atoms in total. The third-order valence-corrected chi connectivity index (χ3v) is 2.67. The predicted octanol–water partition coefficient (Wildman–Crippen LogP) is 2.42. The lowest BCUT2D eigenvalue weighted by Crippen LogP contribution is -1.96. The van der Waals surface area contributed by atoms with Crippen LogP contribution in [-0.2, 0) is 0 Å². The van der Waals surface area contributed by atoms with Gasteiger partial charge in [0.1, 0.15) is 11.6 Å². The van der Waals surface area contributed by atoms with Crippen LogP contribution in [0, 0.1) is 18.3 Å². The number of aromatic nitrogens is 1. The van der Waals surface area contributed by atoms with Crippen molar-refractivity contribution < 1.29 is 10.2 Å². The Bertz CT molecular complexity index is 673. The third kappa shape index (κ3) is 2.53. The second kappa shape index (κ2) is 5.19. The summed E-state index contributed by atoms with van der Waals surface area (Å²) in [5, 5.41) is 28.1. The fourth-order valence-corrected chi connectivity index (χ4v) is 1.63. The molecule has 0 amide bonds. The van der Waals surface area contributed by atoms with Crippen molar-refractivity contribution in [3.63, 3.8) is 0 Å². The first-order valence-corrected chi connectivity index (χ1v) is 5.55. The number of rotatable bonds is 2. The van der Waals surface area contributed by atoms with E-state index in [2.05, 4.69) is 9.98 Å². The smallest absolute Gasteiger partial charge is 0.232 e. The largest absolute Gasteiger partial charge is 0.493 e. The molecule has 0 fully saturated rings. The number of para-hydroxylation sites is 1. The van der Waals surface area contributed by atoms with Gasteiger partial charge >= 0.3 is 0 Å². The van der Waals surface area contributed by atoms with Gasteiger partial charge in [-0.3, -0.25) is 4.99 Å². The molecule has 5 heteroatoms. The first kappa shape index (κ1) is 12.6. The lowest BCUT2D eigenvalue weighted by molar-refractivity contribution is 0.410. The molecule has 0 unspecified atom stereocenters. The highest BCUT2D eigenvalue weighted by atomic mass is 16.3. The van der Waals surface area contributed by atoms with E-state index in [1.165, 1.54) is 6.21 Å². The van der Waals surface area contributed by atoms with E-state index in [9.17, 15) is 10.2 Å². The fraction of sp³-hybridized carbons (Fsp3) is 0.0714. The average Bonchev–Trinajstić information content (AvgIpc) is 2.39. The Morgan fingerprint density at radius 3 is 2.53 bits per heavy atom. The average molecular weight is 253 g/mol. The Labute approximate surface area is 110 Å². The maximum absolute atomic E-state index is 9.70. The van der Waals surface area contributed by atoms with E-state index in [1.54, 1.807) is 6.92 Å². The molecule has 0 saturated heterocycles. The molecule has 2 aromatic rings. The molecule has 1 aromatic heterocycles. The molecule has 0 saturated carbocycles. The minimum absolute atomic E-state index is 0.0345. The van der Waals surface area contributed by atoms with Crippen LogP contribution < -0.4 is 0 Å². The molecular formula is C14H11N3O2. The van der Waals surface area contributed by atoms with Crippen molar-refractivity contribution in [2.24, 2.45) is 4.99 Å². The van der Waals surface area contributed by atoms with Gasteiger partial charge in [0.05, 0.1) is 11.3 Å². The highest BCUT2D eigenvalue weighted by Gasteiger charge is 2.14. The Morgan fingerprint density at radius 1 is 1.21 bits per heavy atom. The van der Waals surface area contributed by atoms with E-state index in [-0.39, 0.29) is 11.4 Å². The number of pyridine rings is 1. The van der Waals surface area contributed by atoms with Crippen molar-refractivity contribution in [3.05, 3.63) is 47.0 Å². The van der Waals surface area contributed by atoms with Gasteiger partial charge in [-0.2, -0.15) is 10.2 Å². The number of aliphatic imine (C=N–C) groups is 1. The Morgan fingerprint density at radius 2 is 1.89 bits per heavy atom. The van der Waals surface area contributed by atoms with Crippen LogP contribution in [0.2, 0.25) is 0 Å². The highest BCUT2D eigenvalue weighted by molar-refractivity contribution is 5.87. The topological polar surface area (TPSA) is 89.5 Å². The zero-order valence-corrected chi connectivity index (χ0v) is 10.2. The summed E-state index contributed by atoms with van der Waals surface area (Å²) in [6.07, 6.45) is 1.42. The van der Waals surface area contributed by atoms with Crippen LogP contribution in [0.1, 0.15) is 16.7 Å². The van der Waals surface area contributed by atoms with Crippen LogP contribution in [0.4, 0.5) is 5.69 Å². The van der Waals surface area contributed by atoms with Crippen LogP contribution in [0.25, 0.3) is 0 Å². The van der Waals surface area contributed by atoms with Crippen LogP contribution in [0.15, 0.2) is 35.3 Å². The molecule has 0 radical (unpaired) electrons. The zero-order chi connectivity index (χ0) is 13.8. The van der Waals surface area contributed by atoms with Crippen LogP contribution in [0.3, 0.4) is 0 Å². The van der Waals surface area contributed by atoms with E-state index in [1.807, 2.05) is 36.4 Å². The van der Waals surface area contributed by atoms with Gasteiger partial charge in [0.15, 0.2) is 0 Å². The summed E-state index contributed by atoms with van der Waals surface area (Å²) in [6.45, 7) is 1.62. The van der Waals surface area contributed by atoms with Crippen molar-refractivity contribution in [2.45, 2.75) is 6.92 Å². The number of benzene rings is 1. The number of nitriles is 1. The van der Waals surface area contributed by atoms with Gasteiger partial charge in [-0.15, -0.1) is 0 Å². The number of aromatic hydroxyl groups is 2. The molecule has 0 aliphatic carbocycles. The van der Waals surface area contributed by atoms with Crippen molar-refractivity contribution >= 4 is 11.9 Å². The third-order valence-electron chi connectivity index (χ3n) is 2.67. The lowest BCUT2D eigenvalue weighted by Gasteiger charge is -2.06. The molecule has 0 spiro atoms. The number of hydrogen-bond donors (Lipinski definition) is 2. The van der Waals surface area contributed by atoms with E-state index in [0.717, 1.165) is 0 Å². The van der Waals surface area contributed by atoms with Crippen molar-refractivity contribution in [2.75, 3.05) is 0 Å². The summed E-state index contributed by atoms with van der Waals surface area (Å²) in [4.78, 5) is 7.70. The molecular weight excluding hydrogens is 242 g/mol. The zero-order valence-electron chi connectivity index (χ0n) is 10.2. The summed E-state index contributed by atoms with van der Waals surface area (Å²) >= 11 is 0. The van der Waals surface area contributed by atoms with Crippen LogP contribution >= 0.6 is 0 Å². The van der Waals surface area contributed by atoms with Crippen molar-refractivity contribution in [1.82, 2.24) is 4.98 Å². The number of nitrogens with zero attached hydrogens (tertiary/aromatic N) is 3. The van der Waals surface area contributed by atoms with Gasteiger partial charge in [0.2, 0.25) is 11.8 Å². The normalized spacial score (nSPS) is 10.5. The SMILES string of the molecule is Cc1c(C#N)c(O)nc(O)c1C=Nc1ccccc1. The summed E-state index contributed by atoms with van der Waals surface area (Å²) in [7, 11) is 0. The standard InChI is InChI=1S/C14H11N3O2/c1-9-11(7-15)13(18)17-14(19)12(9)8-16-10-5-3-2-4-6-10/h2-6,8H,1H3,(H2,17,18,19). The number of hydrogen-bond acceptors (Lipinski definition) is 5. The van der Waals surface area contributed by atoms with Gasteiger partial charge in [0, 0.05) is 6.21 Å². The molecule has 0 atom stereocenters. The van der Waals surface area contributed by atoms with Crippen LogP contribution in [-0.4, -0.2) is 21.4 Å². The second-order valence-electron chi connectivity index (χ2n) is 3.88. The van der Waals surface area contributed by atoms with Gasteiger partial charge in [-0.05, 0) is 24.6 Å². The van der Waals surface area contributed by atoms with E-state index in [0.29, 0.717) is 16.8 Å². The first-order valence-electron chi connectivity index (χ1n) is 5.55. The van der Waals surface area contributed by atoms with Crippen LogP contribution in [0.5, 0.6) is 11.8 Å². The maximum atomic E-state index is 9.70. The molecule has 0 aliphatic heterocycles. The van der Waals surface area contributed by atoms with Gasteiger partial charge in [-0.1, -0.05) is 18.2 Å². The predicted molar refractivity (Wildman–Crippen MR) is 70.7 cm³/mol. The van der Waals surface area contributed by atoms with Gasteiger partial charge in [0.25, 0.3) is 0 Å². The Hall–Kier alpha value is -2.87. The molecule has 0 bridgehead atoms. The maximum Gasteiger partial charge on any atom is 0.232 e. The van der Waals surface area contributed by atoms with E-state index < -0.39 is 5.88 Å². The van der Waals surface area contributed by atoms with E-state index in [4.69, 9.17) is 5.26 Å². The summed E-state index contributed by atoms with van der Waals surface area (Å²) in [6, 6.07) is 11.0. The Balaban J connectivity index is 2.47. The Kier molecular flexibility index (Phi) is 3.44. The second-order valence-corrected chi connectivity index (χ2v) is 3.88. The molecule has 1 heterocycles. The monoisotopic (exact) mass is 253 g/mol. The van der Waals surface area contributed by atoms with E-state index >= 15 is 0 Å². The molecule has 94 valence electrons. The summed E-state index contributed by atoms with van der Waals surface area (Å²) in [5.74, 6) is -0.831. The van der Waals surface area contributed by atoms with Crippen molar-refractivity contribution in [3.8, 4) is 17.8 Å². The molecule has 2 N–H and O–H groups in total. The summed E-state index contributed by atoms with van der Waals surface area (Å²) in [5.41, 5.74) is 1.51. The van der Waals surface area contributed by atoms with Crippen molar-refractivity contribution in [1.29, 1.82) is 5.26 Å². The molecule has 0 aliphatic rings. The molecule has 2 rings (SSSR count). The van der Waals surface area contributed by atoms with Gasteiger partial charge < -0.3 is 10.2 Å². The minimum Gasteiger partial charge on any atom is -0.493 e. The quantitative estimate of drug-likeness (QED) is 0.804. The lowest BCUT2D eigenvalue weighted by atomic mass is 10.1. The molecule has 1 aromatic carbocycles. The fourth-order valence-electron chi connectivity index (χ4n) is 1.63. The first-order chi connectivity index (χ1) is 9.13. The highest BCUT2D eigenvalue weighted by Crippen LogP contribution is 2.26. The molecule has 19 heavy (non-hydrogen) atoms.